The topological polar surface area (TPSA) is 167 Å². The summed E-state index contributed by atoms with van der Waals surface area (Å²) in [5, 5.41) is 0. The predicted molar refractivity (Wildman–Crippen MR) is 258 cm³/mol. The minimum atomic E-state index is -1.71. The van der Waals surface area contributed by atoms with E-state index < -0.39 is 67.7 Å². The molecule has 0 bridgehead atoms. The first-order chi connectivity index (χ1) is 33.0. The number of aryl methyl sites for hydroxylation is 2. The first kappa shape index (κ1) is 55.3. The van der Waals surface area contributed by atoms with Crippen molar-refractivity contribution in [1.29, 1.82) is 0 Å². The summed E-state index contributed by atoms with van der Waals surface area (Å²) < 4.78 is 53.5. The normalized spacial score (nSPS) is 14.5. The average molecular weight is 957 g/mol. The second kappa shape index (κ2) is 27.6. The second-order valence-corrected chi connectivity index (χ2v) is 17.8. The molecule has 0 atom stereocenters. The highest BCUT2D eigenvalue weighted by molar-refractivity contribution is 6.30. The van der Waals surface area contributed by atoms with Crippen molar-refractivity contribution in [2.45, 2.75) is 118 Å². The highest BCUT2D eigenvalue weighted by atomic mass is 19.1. The van der Waals surface area contributed by atoms with E-state index in [2.05, 4.69) is 26.1 Å². The molecule has 14 heteroatoms. The van der Waals surface area contributed by atoms with Crippen LogP contribution in [0.1, 0.15) is 122 Å². The molecular formula is C55H69FO13. The Balaban J connectivity index is 1.67. The Morgan fingerprint density at radius 3 is 1.68 bits per heavy atom. The van der Waals surface area contributed by atoms with Crippen molar-refractivity contribution in [3.63, 3.8) is 0 Å². The fourth-order valence-electron chi connectivity index (χ4n) is 8.20. The Morgan fingerprint density at radius 1 is 0.594 bits per heavy atom. The first-order valence-electron chi connectivity index (χ1n) is 24.1. The molecule has 1 aliphatic carbocycles. The Hall–Kier alpha value is -6.31. The monoisotopic (exact) mass is 956 g/mol. The molecule has 1 fully saturated rings. The average Bonchev–Trinajstić information content (AvgIpc) is 3.34. The fourth-order valence-corrected chi connectivity index (χ4v) is 8.20. The number of halogens is 1. The van der Waals surface area contributed by atoms with Crippen LogP contribution in [0.4, 0.5) is 4.39 Å². The van der Waals surface area contributed by atoms with Gasteiger partial charge in [0.05, 0.1) is 19.8 Å². The largest absolute Gasteiger partial charge is 0.492 e. The summed E-state index contributed by atoms with van der Waals surface area (Å²) >= 11 is 0. The van der Waals surface area contributed by atoms with Gasteiger partial charge in [0.2, 0.25) is 0 Å². The summed E-state index contributed by atoms with van der Waals surface area (Å²) in [5.41, 5.74) is 4.22. The SMILES string of the molecule is C=C(C)C(=O)OCCCc1cc(-c2ccc(-c3ccc(C4CCC(CCCCC)CC4)cc3F)c(CC)c2)ccc1OCC(COC(=O)C(=C)C)(COC(=O)C(=O)OCC)COC(=O)C(=O)OCC. The van der Waals surface area contributed by atoms with Gasteiger partial charge < -0.3 is 33.2 Å². The van der Waals surface area contributed by atoms with Crippen LogP contribution in [0.2, 0.25) is 0 Å². The van der Waals surface area contributed by atoms with Crippen LogP contribution in [0.15, 0.2) is 78.9 Å². The van der Waals surface area contributed by atoms with E-state index in [1.165, 1.54) is 59.3 Å². The van der Waals surface area contributed by atoms with Crippen molar-refractivity contribution in [3.05, 3.63) is 101 Å². The molecule has 0 aliphatic heterocycles. The van der Waals surface area contributed by atoms with Crippen molar-refractivity contribution in [2.24, 2.45) is 11.3 Å². The number of hydrogen-bond donors (Lipinski definition) is 0. The Morgan fingerprint density at radius 2 is 1.13 bits per heavy atom. The van der Waals surface area contributed by atoms with Crippen LogP contribution in [0.25, 0.3) is 22.3 Å². The van der Waals surface area contributed by atoms with Crippen molar-refractivity contribution in [2.75, 3.05) is 46.2 Å². The van der Waals surface area contributed by atoms with Gasteiger partial charge in [-0.25, -0.2) is 33.2 Å². The number of carbonyl (C=O) groups is 6. The van der Waals surface area contributed by atoms with Gasteiger partial charge in [0.25, 0.3) is 0 Å². The lowest BCUT2D eigenvalue weighted by molar-refractivity contribution is -0.178. The summed E-state index contributed by atoms with van der Waals surface area (Å²) in [6.45, 7) is 14.8. The molecule has 0 saturated heterocycles. The highest BCUT2D eigenvalue weighted by Crippen LogP contribution is 2.40. The zero-order valence-electron chi connectivity index (χ0n) is 41.2. The molecule has 374 valence electrons. The Labute approximate surface area is 406 Å². The third-order valence-corrected chi connectivity index (χ3v) is 12.2. The van der Waals surface area contributed by atoms with E-state index in [1.807, 2.05) is 43.3 Å². The highest BCUT2D eigenvalue weighted by Gasteiger charge is 2.39. The van der Waals surface area contributed by atoms with Crippen LogP contribution in [-0.4, -0.2) is 82.1 Å². The van der Waals surface area contributed by atoms with Crippen molar-refractivity contribution in [1.82, 2.24) is 0 Å². The number of esters is 6. The van der Waals surface area contributed by atoms with Gasteiger partial charge in [0, 0.05) is 16.7 Å². The van der Waals surface area contributed by atoms with Gasteiger partial charge in [-0.1, -0.05) is 89.1 Å². The number of rotatable bonds is 25. The first-order valence-corrected chi connectivity index (χ1v) is 24.1. The van der Waals surface area contributed by atoms with Crippen LogP contribution in [-0.2, 0) is 70.0 Å². The van der Waals surface area contributed by atoms with Crippen LogP contribution in [0, 0.1) is 17.2 Å². The van der Waals surface area contributed by atoms with Gasteiger partial charge >= 0.3 is 35.8 Å². The molecule has 0 N–H and O–H groups in total. The van der Waals surface area contributed by atoms with E-state index in [1.54, 1.807) is 19.1 Å². The van der Waals surface area contributed by atoms with Crippen molar-refractivity contribution >= 4 is 35.8 Å². The molecule has 3 aromatic carbocycles. The smallest absolute Gasteiger partial charge is 0.417 e. The molecule has 0 amide bonds. The van der Waals surface area contributed by atoms with Gasteiger partial charge in [-0.05, 0) is 136 Å². The van der Waals surface area contributed by atoms with E-state index in [9.17, 15) is 28.8 Å². The number of unbranched alkanes of at least 4 members (excludes halogenated alkanes) is 2. The van der Waals surface area contributed by atoms with Crippen LogP contribution < -0.4 is 4.74 Å². The number of ether oxygens (including phenoxy) is 7. The van der Waals surface area contributed by atoms with Crippen molar-refractivity contribution < 1.29 is 66.3 Å². The molecule has 0 unspecified atom stereocenters. The minimum absolute atomic E-state index is 0.0324. The van der Waals surface area contributed by atoms with E-state index in [0.717, 1.165) is 46.6 Å². The molecule has 0 aromatic heterocycles. The molecule has 3 aromatic rings. The Kier molecular flexibility index (Phi) is 22.1. The summed E-state index contributed by atoms with van der Waals surface area (Å²) in [7, 11) is 0. The zero-order valence-corrected chi connectivity index (χ0v) is 41.2. The van der Waals surface area contributed by atoms with Crippen LogP contribution >= 0.6 is 0 Å². The van der Waals surface area contributed by atoms with Crippen LogP contribution in [0.5, 0.6) is 5.75 Å². The number of benzene rings is 3. The molecular weight excluding hydrogens is 888 g/mol. The summed E-state index contributed by atoms with van der Waals surface area (Å²) in [5.74, 6) is -5.49. The second-order valence-electron chi connectivity index (χ2n) is 17.8. The molecule has 0 heterocycles. The van der Waals surface area contributed by atoms with E-state index in [-0.39, 0.29) is 36.8 Å². The van der Waals surface area contributed by atoms with Gasteiger partial charge in [-0.3, -0.25) is 0 Å². The lowest BCUT2D eigenvalue weighted by atomic mass is 9.77. The molecule has 69 heavy (non-hydrogen) atoms. The number of hydrogen-bond acceptors (Lipinski definition) is 13. The lowest BCUT2D eigenvalue weighted by Gasteiger charge is -2.32. The van der Waals surface area contributed by atoms with E-state index >= 15 is 4.39 Å². The van der Waals surface area contributed by atoms with Gasteiger partial charge in [-0.2, -0.15) is 0 Å². The molecule has 0 spiro atoms. The maximum atomic E-state index is 16.1. The van der Waals surface area contributed by atoms with Crippen LogP contribution in [0.3, 0.4) is 0 Å². The Bertz CT molecular complexity index is 2260. The summed E-state index contributed by atoms with van der Waals surface area (Å²) in [4.78, 5) is 74.7. The fraction of sp³-hybridized carbons (Fsp3) is 0.491. The van der Waals surface area contributed by atoms with E-state index in [4.69, 9.17) is 33.2 Å². The molecule has 1 aliphatic rings. The standard InChI is InChI=1S/C55H69FO13/c1-9-13-14-16-38-18-20-40(21-19-38)43-23-26-46(47(56)31-43)45-25-22-41(29-39(45)10-2)42-24-27-48(44(30-42)17-15-28-65-49(57)36(5)6)66-32-55(33-67-50(58)37(7)8,34-68-53(61)51(59)63-11-3)35-69-54(62)52(60)64-12-4/h22-27,29-31,38,40H,5,7,9-21,28,32-35H2,1-4,6,8H3. The third-order valence-electron chi connectivity index (χ3n) is 12.2. The predicted octanol–water partition coefficient (Wildman–Crippen LogP) is 10.3. The summed E-state index contributed by atoms with van der Waals surface area (Å²) in [6, 6.07) is 17.1. The van der Waals surface area contributed by atoms with Gasteiger partial charge in [0.1, 0.15) is 43.4 Å². The molecule has 1 saturated carbocycles. The maximum Gasteiger partial charge on any atom is 0.417 e. The quantitative estimate of drug-likeness (QED) is 0.0259. The maximum absolute atomic E-state index is 16.1. The van der Waals surface area contributed by atoms with E-state index in [0.29, 0.717) is 42.1 Å². The third kappa shape index (κ3) is 16.7. The molecule has 4 rings (SSSR count). The lowest BCUT2D eigenvalue weighted by Crippen LogP contribution is -2.45. The zero-order chi connectivity index (χ0) is 50.5. The minimum Gasteiger partial charge on any atom is -0.492 e. The van der Waals surface area contributed by atoms with Crippen molar-refractivity contribution in [3.8, 4) is 28.0 Å². The molecule has 0 radical (unpaired) electrons. The molecule has 13 nitrogen and oxygen atoms in total. The van der Waals surface area contributed by atoms with Gasteiger partial charge in [-0.15, -0.1) is 0 Å². The number of carbonyl (C=O) groups excluding carboxylic acids is 6. The summed E-state index contributed by atoms with van der Waals surface area (Å²) in [6.07, 6.45) is 11.0. The van der Waals surface area contributed by atoms with Gasteiger partial charge in [0.15, 0.2) is 0 Å².